The molecule has 1 atom stereocenters. The number of hydrogen-bond donors (Lipinski definition) is 2. The van der Waals surface area contributed by atoms with Gasteiger partial charge in [0, 0.05) is 19.2 Å². The van der Waals surface area contributed by atoms with Crippen molar-refractivity contribution in [3.8, 4) is 11.5 Å². The van der Waals surface area contributed by atoms with Crippen molar-refractivity contribution in [2.45, 2.75) is 20.0 Å². The molecule has 0 spiro atoms. The van der Waals surface area contributed by atoms with Gasteiger partial charge in [-0.1, -0.05) is 0 Å². The van der Waals surface area contributed by atoms with Crippen LogP contribution in [0.1, 0.15) is 24.2 Å². The average Bonchev–Trinajstić information content (AvgIpc) is 2.45. The van der Waals surface area contributed by atoms with E-state index in [4.69, 9.17) is 19.9 Å². The van der Waals surface area contributed by atoms with E-state index in [1.165, 1.54) is 14.2 Å². The lowest BCUT2D eigenvalue weighted by Crippen LogP contribution is -2.32. The predicted octanol–water partition coefficient (Wildman–Crippen LogP) is 1.44. The second-order valence-corrected chi connectivity index (χ2v) is 4.27. The number of nitrogens with one attached hydrogen (secondary N) is 1. The van der Waals surface area contributed by atoms with Crippen molar-refractivity contribution in [2.75, 3.05) is 33.1 Å². The number of benzene rings is 1. The van der Waals surface area contributed by atoms with Gasteiger partial charge in [0.2, 0.25) is 0 Å². The largest absolute Gasteiger partial charge is 0.497 e. The van der Waals surface area contributed by atoms with E-state index in [0.29, 0.717) is 30.2 Å². The molecule has 3 N–H and O–H groups in total. The number of nitrogens with two attached hydrogens (primary N) is 1. The molecule has 6 nitrogen and oxygen atoms in total. The van der Waals surface area contributed by atoms with E-state index in [9.17, 15) is 4.79 Å². The number of rotatable bonds is 7. The third kappa shape index (κ3) is 4.03. The Morgan fingerprint density at radius 2 is 2.05 bits per heavy atom. The Hall–Kier alpha value is -1.95. The number of ether oxygens (including phenoxy) is 3. The lowest BCUT2D eigenvalue weighted by atomic mass is 10.1. The highest BCUT2D eigenvalue weighted by molar-refractivity contribution is 6.00. The maximum atomic E-state index is 12.2. The Morgan fingerprint density at radius 3 is 2.60 bits per heavy atom. The topological polar surface area (TPSA) is 82.8 Å². The standard InChI is InChI=1S/C14H22N2O4/c1-5-20-9(2)8-16-14(17)11-6-10(18-3)7-12(19-4)13(11)15/h6-7,9H,5,8,15H2,1-4H3,(H,16,17). The average molecular weight is 282 g/mol. The summed E-state index contributed by atoms with van der Waals surface area (Å²) in [5, 5.41) is 2.77. The van der Waals surface area contributed by atoms with Gasteiger partial charge in [0.1, 0.15) is 11.5 Å². The summed E-state index contributed by atoms with van der Waals surface area (Å²) >= 11 is 0. The number of nitrogen functional groups attached to an aromatic ring is 1. The second-order valence-electron chi connectivity index (χ2n) is 4.27. The zero-order chi connectivity index (χ0) is 15.1. The molecule has 0 aliphatic rings. The highest BCUT2D eigenvalue weighted by Gasteiger charge is 2.16. The Labute approximate surface area is 119 Å². The van der Waals surface area contributed by atoms with Crippen LogP contribution in [0.15, 0.2) is 12.1 Å². The molecule has 1 amide bonds. The number of carbonyl (C=O) groups is 1. The number of anilines is 1. The smallest absolute Gasteiger partial charge is 0.253 e. The molecule has 0 heterocycles. The summed E-state index contributed by atoms with van der Waals surface area (Å²) in [4.78, 5) is 12.2. The summed E-state index contributed by atoms with van der Waals surface area (Å²) in [6.45, 7) is 4.81. The molecular weight excluding hydrogens is 260 g/mol. The van der Waals surface area contributed by atoms with E-state index in [-0.39, 0.29) is 17.7 Å². The summed E-state index contributed by atoms with van der Waals surface area (Å²) in [7, 11) is 3.01. The summed E-state index contributed by atoms with van der Waals surface area (Å²) in [6.07, 6.45) is -0.0577. The van der Waals surface area contributed by atoms with E-state index in [2.05, 4.69) is 5.32 Å². The van der Waals surface area contributed by atoms with Gasteiger partial charge in [-0.2, -0.15) is 0 Å². The summed E-state index contributed by atoms with van der Waals surface area (Å²) < 4.78 is 15.6. The lowest BCUT2D eigenvalue weighted by molar-refractivity contribution is 0.0695. The van der Waals surface area contributed by atoms with Crippen LogP contribution in [0, 0.1) is 0 Å². The minimum Gasteiger partial charge on any atom is -0.497 e. The van der Waals surface area contributed by atoms with Crippen LogP contribution in [0.3, 0.4) is 0 Å². The molecule has 0 aliphatic heterocycles. The Bertz CT molecular complexity index is 463. The quantitative estimate of drug-likeness (QED) is 0.739. The van der Waals surface area contributed by atoms with Gasteiger partial charge in [-0.3, -0.25) is 4.79 Å². The van der Waals surface area contributed by atoms with Crippen molar-refractivity contribution in [3.63, 3.8) is 0 Å². The van der Waals surface area contributed by atoms with Gasteiger partial charge in [-0.05, 0) is 19.9 Å². The van der Waals surface area contributed by atoms with Crippen molar-refractivity contribution in [1.82, 2.24) is 5.32 Å². The fourth-order valence-electron chi connectivity index (χ4n) is 1.75. The molecule has 1 rings (SSSR count). The van der Waals surface area contributed by atoms with Gasteiger partial charge < -0.3 is 25.3 Å². The lowest BCUT2D eigenvalue weighted by Gasteiger charge is -2.15. The Kier molecular flexibility index (Phi) is 6.11. The molecule has 6 heteroatoms. The highest BCUT2D eigenvalue weighted by Crippen LogP contribution is 2.30. The van der Waals surface area contributed by atoms with Crippen molar-refractivity contribution in [1.29, 1.82) is 0 Å². The molecule has 1 aromatic carbocycles. The SMILES string of the molecule is CCOC(C)CNC(=O)c1cc(OC)cc(OC)c1N. The minimum absolute atomic E-state index is 0.0577. The Morgan fingerprint density at radius 1 is 1.35 bits per heavy atom. The zero-order valence-electron chi connectivity index (χ0n) is 12.4. The molecular formula is C14H22N2O4. The van der Waals surface area contributed by atoms with Crippen LogP contribution >= 0.6 is 0 Å². The second kappa shape index (κ2) is 7.59. The third-order valence-electron chi connectivity index (χ3n) is 2.82. The first-order valence-corrected chi connectivity index (χ1v) is 6.44. The third-order valence-corrected chi connectivity index (χ3v) is 2.82. The van der Waals surface area contributed by atoms with Gasteiger partial charge in [0.05, 0.1) is 31.6 Å². The van der Waals surface area contributed by atoms with E-state index in [1.807, 2.05) is 13.8 Å². The predicted molar refractivity (Wildman–Crippen MR) is 77.4 cm³/mol. The molecule has 0 saturated heterocycles. The Balaban J connectivity index is 2.86. The fraction of sp³-hybridized carbons (Fsp3) is 0.500. The van der Waals surface area contributed by atoms with E-state index in [0.717, 1.165) is 0 Å². The van der Waals surface area contributed by atoms with Gasteiger partial charge in [-0.25, -0.2) is 0 Å². The summed E-state index contributed by atoms with van der Waals surface area (Å²) in [5.41, 5.74) is 6.52. The molecule has 0 fully saturated rings. The van der Waals surface area contributed by atoms with Crippen LogP contribution in [0.2, 0.25) is 0 Å². The van der Waals surface area contributed by atoms with Crippen LogP contribution in [-0.4, -0.2) is 39.4 Å². The van der Waals surface area contributed by atoms with Crippen molar-refractivity contribution < 1.29 is 19.0 Å². The zero-order valence-corrected chi connectivity index (χ0v) is 12.4. The molecule has 20 heavy (non-hydrogen) atoms. The monoisotopic (exact) mass is 282 g/mol. The van der Waals surface area contributed by atoms with Gasteiger partial charge in [0.15, 0.2) is 0 Å². The van der Waals surface area contributed by atoms with Crippen LogP contribution in [0.25, 0.3) is 0 Å². The minimum atomic E-state index is -0.286. The first-order valence-electron chi connectivity index (χ1n) is 6.44. The maximum absolute atomic E-state index is 12.2. The molecule has 0 radical (unpaired) electrons. The van der Waals surface area contributed by atoms with Crippen LogP contribution in [0.4, 0.5) is 5.69 Å². The molecule has 112 valence electrons. The first kappa shape index (κ1) is 16.1. The molecule has 1 aromatic rings. The number of hydrogen-bond acceptors (Lipinski definition) is 5. The van der Waals surface area contributed by atoms with Crippen molar-refractivity contribution in [2.24, 2.45) is 0 Å². The van der Waals surface area contributed by atoms with Gasteiger partial charge in [-0.15, -0.1) is 0 Å². The molecule has 1 unspecified atom stereocenters. The van der Waals surface area contributed by atoms with Crippen molar-refractivity contribution in [3.05, 3.63) is 17.7 Å². The van der Waals surface area contributed by atoms with Gasteiger partial charge >= 0.3 is 0 Å². The molecule has 0 aromatic heterocycles. The van der Waals surface area contributed by atoms with Crippen LogP contribution in [0.5, 0.6) is 11.5 Å². The fourth-order valence-corrected chi connectivity index (χ4v) is 1.75. The highest BCUT2D eigenvalue weighted by atomic mass is 16.5. The molecule has 0 saturated carbocycles. The number of amides is 1. The van der Waals surface area contributed by atoms with E-state index < -0.39 is 0 Å². The molecule has 0 bridgehead atoms. The number of carbonyl (C=O) groups excluding carboxylic acids is 1. The van der Waals surface area contributed by atoms with Crippen molar-refractivity contribution >= 4 is 11.6 Å². The summed E-state index contributed by atoms with van der Waals surface area (Å²) in [6, 6.07) is 3.22. The van der Waals surface area contributed by atoms with E-state index in [1.54, 1.807) is 12.1 Å². The number of methoxy groups -OCH3 is 2. The summed E-state index contributed by atoms with van der Waals surface area (Å²) in [5.74, 6) is 0.637. The van der Waals surface area contributed by atoms with Crippen LogP contribution in [-0.2, 0) is 4.74 Å². The van der Waals surface area contributed by atoms with Gasteiger partial charge in [0.25, 0.3) is 5.91 Å². The maximum Gasteiger partial charge on any atom is 0.253 e. The first-order chi connectivity index (χ1) is 9.53. The molecule has 0 aliphatic carbocycles. The van der Waals surface area contributed by atoms with E-state index >= 15 is 0 Å². The normalized spacial score (nSPS) is 11.8. The van der Waals surface area contributed by atoms with Crippen LogP contribution < -0.4 is 20.5 Å².